The van der Waals surface area contributed by atoms with Crippen LogP contribution < -0.4 is 10.6 Å². The fourth-order valence-electron chi connectivity index (χ4n) is 4.52. The Morgan fingerprint density at radius 2 is 1.82 bits per heavy atom. The standard InChI is InChI=1S/C20H39N5O2.HI/c1-21-19(22-16-20(24(2)3)7-12-26-13-8-20)23-18-4-9-25(10-5-18)14-17-6-11-27-15-17;/h17-18H,4-16H2,1-3H3,(H2,21,22,23);1H. The molecule has 3 heterocycles. The van der Waals surface area contributed by atoms with Crippen molar-refractivity contribution < 1.29 is 9.47 Å². The van der Waals surface area contributed by atoms with Gasteiger partial charge in [-0.15, -0.1) is 24.0 Å². The highest BCUT2D eigenvalue weighted by atomic mass is 127. The number of rotatable bonds is 6. The fraction of sp³-hybridized carbons (Fsp3) is 0.950. The molecule has 3 saturated heterocycles. The first kappa shape index (κ1) is 24.1. The second kappa shape index (κ2) is 11.9. The van der Waals surface area contributed by atoms with Crippen molar-refractivity contribution in [2.75, 3.05) is 73.7 Å². The molecule has 3 rings (SSSR count). The number of nitrogens with zero attached hydrogens (tertiary/aromatic N) is 3. The van der Waals surface area contributed by atoms with Crippen LogP contribution in [0.25, 0.3) is 0 Å². The molecule has 0 bridgehead atoms. The summed E-state index contributed by atoms with van der Waals surface area (Å²) in [6, 6.07) is 0.511. The number of likely N-dealkylation sites (N-methyl/N-ethyl adjacent to an activating group) is 1. The van der Waals surface area contributed by atoms with Crippen LogP contribution in [0, 0.1) is 5.92 Å². The van der Waals surface area contributed by atoms with Crippen LogP contribution in [0.5, 0.6) is 0 Å². The number of hydrogen-bond donors (Lipinski definition) is 2. The van der Waals surface area contributed by atoms with E-state index in [-0.39, 0.29) is 29.5 Å². The predicted molar refractivity (Wildman–Crippen MR) is 125 cm³/mol. The maximum atomic E-state index is 5.57. The van der Waals surface area contributed by atoms with Crippen molar-refractivity contribution in [1.82, 2.24) is 20.4 Å². The smallest absolute Gasteiger partial charge is 0.191 e. The third-order valence-electron chi connectivity index (χ3n) is 6.65. The molecular formula is C20H40IN5O2. The predicted octanol–water partition coefficient (Wildman–Crippen LogP) is 1.38. The van der Waals surface area contributed by atoms with E-state index in [1.807, 2.05) is 7.05 Å². The van der Waals surface area contributed by atoms with E-state index in [1.54, 1.807) is 0 Å². The van der Waals surface area contributed by atoms with Gasteiger partial charge in [0.15, 0.2) is 5.96 Å². The molecule has 3 aliphatic heterocycles. The van der Waals surface area contributed by atoms with Crippen LogP contribution in [0.4, 0.5) is 0 Å². The van der Waals surface area contributed by atoms with Gasteiger partial charge in [-0.25, -0.2) is 0 Å². The van der Waals surface area contributed by atoms with E-state index in [1.165, 1.54) is 38.9 Å². The molecule has 3 aliphatic rings. The van der Waals surface area contributed by atoms with Crippen molar-refractivity contribution in [2.24, 2.45) is 10.9 Å². The van der Waals surface area contributed by atoms with Crippen LogP contribution in [0.15, 0.2) is 4.99 Å². The Morgan fingerprint density at radius 3 is 2.39 bits per heavy atom. The van der Waals surface area contributed by atoms with Crippen LogP contribution in [-0.4, -0.2) is 101 Å². The van der Waals surface area contributed by atoms with Crippen molar-refractivity contribution in [1.29, 1.82) is 0 Å². The quantitative estimate of drug-likeness (QED) is 0.321. The molecule has 1 unspecified atom stereocenters. The molecule has 164 valence electrons. The number of guanidine groups is 1. The van der Waals surface area contributed by atoms with Gasteiger partial charge >= 0.3 is 0 Å². The van der Waals surface area contributed by atoms with Gasteiger partial charge in [-0.1, -0.05) is 0 Å². The average molecular weight is 509 g/mol. The Hall–Kier alpha value is -0.160. The van der Waals surface area contributed by atoms with E-state index in [4.69, 9.17) is 9.47 Å². The molecule has 0 radical (unpaired) electrons. The molecule has 8 heteroatoms. The zero-order chi connectivity index (χ0) is 19.1. The van der Waals surface area contributed by atoms with E-state index in [0.29, 0.717) is 6.04 Å². The van der Waals surface area contributed by atoms with Gasteiger partial charge in [0.1, 0.15) is 0 Å². The summed E-state index contributed by atoms with van der Waals surface area (Å²) < 4.78 is 11.1. The molecule has 1 atom stereocenters. The number of hydrogen-bond acceptors (Lipinski definition) is 5. The average Bonchev–Trinajstić information content (AvgIpc) is 3.20. The third kappa shape index (κ3) is 6.68. The summed E-state index contributed by atoms with van der Waals surface area (Å²) in [6.07, 6.45) is 5.72. The molecule has 0 aromatic rings. The Bertz CT molecular complexity index is 471. The Labute approximate surface area is 188 Å². The van der Waals surface area contributed by atoms with Crippen molar-refractivity contribution in [3.8, 4) is 0 Å². The van der Waals surface area contributed by atoms with Gasteiger partial charge in [0.25, 0.3) is 0 Å². The Morgan fingerprint density at radius 1 is 1.11 bits per heavy atom. The lowest BCUT2D eigenvalue weighted by atomic mass is 9.88. The van der Waals surface area contributed by atoms with Crippen molar-refractivity contribution in [3.05, 3.63) is 0 Å². The molecule has 0 amide bonds. The van der Waals surface area contributed by atoms with Crippen LogP contribution >= 0.6 is 24.0 Å². The highest BCUT2D eigenvalue weighted by Gasteiger charge is 2.35. The molecule has 0 aliphatic carbocycles. The SMILES string of the molecule is CN=C(NCC1(N(C)C)CCOCC1)NC1CCN(CC2CCOC2)CC1.I. The normalized spacial score (nSPS) is 26.9. The highest BCUT2D eigenvalue weighted by Crippen LogP contribution is 2.25. The lowest BCUT2D eigenvalue weighted by Gasteiger charge is -2.43. The van der Waals surface area contributed by atoms with Crippen molar-refractivity contribution in [2.45, 2.75) is 43.7 Å². The fourth-order valence-corrected chi connectivity index (χ4v) is 4.52. The van der Waals surface area contributed by atoms with E-state index < -0.39 is 0 Å². The van der Waals surface area contributed by atoms with Gasteiger partial charge in [0.2, 0.25) is 0 Å². The molecule has 3 fully saturated rings. The molecule has 0 aromatic carbocycles. The maximum absolute atomic E-state index is 5.57. The third-order valence-corrected chi connectivity index (χ3v) is 6.65. The lowest BCUT2D eigenvalue weighted by molar-refractivity contribution is -0.00504. The zero-order valence-electron chi connectivity index (χ0n) is 17.9. The topological polar surface area (TPSA) is 61.4 Å². The van der Waals surface area contributed by atoms with Gasteiger partial charge < -0.3 is 29.9 Å². The van der Waals surface area contributed by atoms with Gasteiger partial charge in [-0.3, -0.25) is 4.99 Å². The van der Waals surface area contributed by atoms with Crippen molar-refractivity contribution >= 4 is 29.9 Å². The number of likely N-dealkylation sites (tertiary alicyclic amines) is 1. The van der Waals surface area contributed by atoms with E-state index in [0.717, 1.165) is 57.7 Å². The van der Waals surface area contributed by atoms with E-state index in [9.17, 15) is 0 Å². The second-order valence-corrected chi connectivity index (χ2v) is 8.61. The second-order valence-electron chi connectivity index (χ2n) is 8.61. The number of halogens is 1. The zero-order valence-corrected chi connectivity index (χ0v) is 20.2. The van der Waals surface area contributed by atoms with Crippen LogP contribution in [0.3, 0.4) is 0 Å². The molecule has 7 nitrogen and oxygen atoms in total. The summed E-state index contributed by atoms with van der Waals surface area (Å²) in [5.74, 6) is 1.68. The number of ether oxygens (including phenoxy) is 2. The minimum Gasteiger partial charge on any atom is -0.381 e. The first-order chi connectivity index (χ1) is 13.1. The first-order valence-corrected chi connectivity index (χ1v) is 10.6. The van der Waals surface area contributed by atoms with Gasteiger partial charge in [-0.2, -0.15) is 0 Å². The summed E-state index contributed by atoms with van der Waals surface area (Å²) in [4.78, 5) is 9.43. The molecular weight excluding hydrogens is 469 g/mol. The van der Waals surface area contributed by atoms with Crippen LogP contribution in [-0.2, 0) is 9.47 Å². The van der Waals surface area contributed by atoms with Crippen molar-refractivity contribution in [3.63, 3.8) is 0 Å². The molecule has 0 aromatic heterocycles. The lowest BCUT2D eigenvalue weighted by Crippen LogP contribution is -2.58. The van der Waals surface area contributed by atoms with Gasteiger partial charge in [0, 0.05) is 64.6 Å². The summed E-state index contributed by atoms with van der Waals surface area (Å²) in [6.45, 7) is 8.04. The van der Waals surface area contributed by atoms with E-state index >= 15 is 0 Å². The monoisotopic (exact) mass is 509 g/mol. The first-order valence-electron chi connectivity index (χ1n) is 10.6. The summed E-state index contributed by atoms with van der Waals surface area (Å²) in [5.41, 5.74) is 0.155. The minimum absolute atomic E-state index is 0. The van der Waals surface area contributed by atoms with Crippen LogP contribution in [0.1, 0.15) is 32.1 Å². The van der Waals surface area contributed by atoms with Gasteiger partial charge in [0.05, 0.1) is 6.61 Å². The Balaban J connectivity index is 0.00000280. The Kier molecular flexibility index (Phi) is 10.2. The summed E-state index contributed by atoms with van der Waals surface area (Å²) in [7, 11) is 6.22. The van der Waals surface area contributed by atoms with Gasteiger partial charge in [-0.05, 0) is 52.1 Å². The number of aliphatic imine (C=N–C) groups is 1. The molecule has 2 N–H and O–H groups in total. The summed E-state index contributed by atoms with van der Waals surface area (Å²) in [5, 5.41) is 7.24. The number of nitrogens with one attached hydrogen (secondary N) is 2. The van der Waals surface area contributed by atoms with Crippen LogP contribution in [0.2, 0.25) is 0 Å². The van der Waals surface area contributed by atoms with E-state index in [2.05, 4.69) is 39.5 Å². The summed E-state index contributed by atoms with van der Waals surface area (Å²) >= 11 is 0. The molecule has 0 spiro atoms. The largest absolute Gasteiger partial charge is 0.381 e. The molecule has 28 heavy (non-hydrogen) atoms. The number of piperidine rings is 1. The maximum Gasteiger partial charge on any atom is 0.191 e. The minimum atomic E-state index is 0. The highest BCUT2D eigenvalue weighted by molar-refractivity contribution is 14.0. The molecule has 0 saturated carbocycles.